The van der Waals surface area contributed by atoms with Crippen molar-refractivity contribution in [3.05, 3.63) is 54.1 Å². The molecule has 2 aromatic carbocycles. The lowest BCUT2D eigenvalue weighted by atomic mass is 10.2. The number of carbonyl (C=O) groups is 1. The van der Waals surface area contributed by atoms with Crippen LogP contribution in [-0.4, -0.2) is 33.7 Å². The minimum atomic E-state index is -3.37. The van der Waals surface area contributed by atoms with E-state index in [-0.39, 0.29) is 5.91 Å². The SMILES string of the molecule is Cc1cccc(O[C@H](C)C(=O)Nc2cccc(N(C)S(C)(=O)=O)c2)c1. The van der Waals surface area contributed by atoms with E-state index in [2.05, 4.69) is 5.32 Å². The van der Waals surface area contributed by atoms with Crippen LogP contribution < -0.4 is 14.4 Å². The first-order valence-corrected chi connectivity index (χ1v) is 9.60. The van der Waals surface area contributed by atoms with Crippen LogP contribution in [0.5, 0.6) is 5.75 Å². The second-order valence-corrected chi connectivity index (χ2v) is 7.86. The lowest BCUT2D eigenvalue weighted by Gasteiger charge is -2.18. The molecule has 134 valence electrons. The predicted molar refractivity (Wildman–Crippen MR) is 99.6 cm³/mol. The summed E-state index contributed by atoms with van der Waals surface area (Å²) >= 11 is 0. The zero-order chi connectivity index (χ0) is 18.6. The van der Waals surface area contributed by atoms with Crippen molar-refractivity contribution in [2.45, 2.75) is 20.0 Å². The number of carbonyl (C=O) groups excluding carboxylic acids is 1. The van der Waals surface area contributed by atoms with Gasteiger partial charge in [0, 0.05) is 12.7 Å². The fourth-order valence-electron chi connectivity index (χ4n) is 2.16. The molecule has 0 aliphatic carbocycles. The Morgan fingerprint density at radius 3 is 2.48 bits per heavy atom. The molecule has 25 heavy (non-hydrogen) atoms. The van der Waals surface area contributed by atoms with Crippen molar-refractivity contribution in [3.8, 4) is 5.75 Å². The molecular weight excluding hydrogens is 340 g/mol. The number of hydrogen-bond donors (Lipinski definition) is 1. The van der Waals surface area contributed by atoms with Crippen molar-refractivity contribution in [2.24, 2.45) is 0 Å². The van der Waals surface area contributed by atoms with E-state index in [9.17, 15) is 13.2 Å². The molecule has 1 atom stereocenters. The lowest BCUT2D eigenvalue weighted by Crippen LogP contribution is -2.30. The molecule has 2 rings (SSSR count). The van der Waals surface area contributed by atoms with Gasteiger partial charge in [-0.25, -0.2) is 8.42 Å². The average Bonchev–Trinajstić information content (AvgIpc) is 2.53. The fraction of sp³-hybridized carbons (Fsp3) is 0.278. The van der Waals surface area contributed by atoms with E-state index < -0.39 is 16.1 Å². The van der Waals surface area contributed by atoms with Gasteiger partial charge in [0.1, 0.15) is 5.75 Å². The van der Waals surface area contributed by atoms with Crippen LogP contribution in [0.1, 0.15) is 12.5 Å². The molecule has 0 heterocycles. The highest BCUT2D eigenvalue weighted by Gasteiger charge is 2.16. The van der Waals surface area contributed by atoms with Crippen molar-refractivity contribution in [1.82, 2.24) is 0 Å². The summed E-state index contributed by atoms with van der Waals surface area (Å²) in [5.74, 6) is 0.300. The van der Waals surface area contributed by atoms with E-state index in [0.717, 1.165) is 16.1 Å². The van der Waals surface area contributed by atoms with Crippen LogP contribution in [0, 0.1) is 6.92 Å². The molecule has 0 spiro atoms. The fourth-order valence-corrected chi connectivity index (χ4v) is 2.66. The van der Waals surface area contributed by atoms with Crippen LogP contribution in [0.15, 0.2) is 48.5 Å². The number of benzene rings is 2. The molecule has 0 saturated carbocycles. The first-order chi connectivity index (χ1) is 11.7. The Hall–Kier alpha value is -2.54. The Balaban J connectivity index is 2.07. The highest BCUT2D eigenvalue weighted by molar-refractivity contribution is 7.92. The molecule has 0 unspecified atom stereocenters. The molecule has 2 aromatic rings. The van der Waals surface area contributed by atoms with Crippen LogP contribution in [0.2, 0.25) is 0 Å². The maximum absolute atomic E-state index is 12.3. The van der Waals surface area contributed by atoms with Gasteiger partial charge in [-0.05, 0) is 49.7 Å². The predicted octanol–water partition coefficient (Wildman–Crippen LogP) is 2.80. The number of nitrogens with one attached hydrogen (secondary N) is 1. The van der Waals surface area contributed by atoms with Crippen molar-refractivity contribution in [2.75, 3.05) is 22.9 Å². The number of hydrogen-bond acceptors (Lipinski definition) is 4. The number of sulfonamides is 1. The first kappa shape index (κ1) is 18.8. The molecule has 0 aromatic heterocycles. The quantitative estimate of drug-likeness (QED) is 0.857. The van der Waals surface area contributed by atoms with Gasteiger partial charge < -0.3 is 10.1 Å². The zero-order valence-electron chi connectivity index (χ0n) is 14.7. The van der Waals surface area contributed by atoms with Crippen LogP contribution >= 0.6 is 0 Å². The number of aryl methyl sites for hydroxylation is 1. The second-order valence-electron chi connectivity index (χ2n) is 5.85. The number of nitrogens with zero attached hydrogens (tertiary/aromatic N) is 1. The monoisotopic (exact) mass is 362 g/mol. The van der Waals surface area contributed by atoms with Gasteiger partial charge in [-0.3, -0.25) is 9.10 Å². The highest BCUT2D eigenvalue weighted by Crippen LogP contribution is 2.21. The maximum atomic E-state index is 12.3. The van der Waals surface area contributed by atoms with Crippen LogP contribution in [0.4, 0.5) is 11.4 Å². The van der Waals surface area contributed by atoms with Gasteiger partial charge in [-0.2, -0.15) is 0 Å². The van der Waals surface area contributed by atoms with Gasteiger partial charge in [0.25, 0.3) is 5.91 Å². The van der Waals surface area contributed by atoms with Gasteiger partial charge in [-0.1, -0.05) is 18.2 Å². The van der Waals surface area contributed by atoms with E-state index in [1.165, 1.54) is 7.05 Å². The summed E-state index contributed by atoms with van der Waals surface area (Å²) in [7, 11) is -1.91. The van der Waals surface area contributed by atoms with E-state index in [4.69, 9.17) is 4.74 Å². The van der Waals surface area contributed by atoms with Crippen molar-refractivity contribution in [3.63, 3.8) is 0 Å². The summed E-state index contributed by atoms with van der Waals surface area (Å²) in [6.07, 6.45) is 0.425. The third-order valence-electron chi connectivity index (χ3n) is 3.65. The van der Waals surface area contributed by atoms with E-state index in [1.807, 2.05) is 25.1 Å². The number of anilines is 2. The Kier molecular flexibility index (Phi) is 5.69. The number of ether oxygens (including phenoxy) is 1. The molecule has 0 bridgehead atoms. The Labute approximate surface area is 148 Å². The van der Waals surface area contributed by atoms with Crippen LogP contribution in [0.3, 0.4) is 0 Å². The average molecular weight is 362 g/mol. The van der Waals surface area contributed by atoms with Crippen LogP contribution in [-0.2, 0) is 14.8 Å². The van der Waals surface area contributed by atoms with Gasteiger partial charge in [0.15, 0.2) is 6.10 Å². The highest BCUT2D eigenvalue weighted by atomic mass is 32.2. The maximum Gasteiger partial charge on any atom is 0.265 e. The van der Waals surface area contributed by atoms with Crippen LogP contribution in [0.25, 0.3) is 0 Å². The number of amides is 1. The van der Waals surface area contributed by atoms with E-state index in [0.29, 0.717) is 17.1 Å². The Morgan fingerprint density at radius 2 is 1.84 bits per heavy atom. The van der Waals surface area contributed by atoms with Gasteiger partial charge >= 0.3 is 0 Å². The van der Waals surface area contributed by atoms with Gasteiger partial charge in [-0.15, -0.1) is 0 Å². The molecule has 0 aliphatic heterocycles. The van der Waals surface area contributed by atoms with Gasteiger partial charge in [0.05, 0.1) is 11.9 Å². The summed E-state index contributed by atoms with van der Waals surface area (Å²) in [5.41, 5.74) is 2.01. The smallest absolute Gasteiger partial charge is 0.265 e. The molecule has 0 aliphatic rings. The third kappa shape index (κ3) is 5.22. The Bertz CT molecular complexity index is 865. The van der Waals surface area contributed by atoms with Crippen molar-refractivity contribution in [1.29, 1.82) is 0 Å². The zero-order valence-corrected chi connectivity index (χ0v) is 15.5. The largest absolute Gasteiger partial charge is 0.481 e. The Morgan fingerprint density at radius 1 is 1.16 bits per heavy atom. The molecule has 1 amide bonds. The lowest BCUT2D eigenvalue weighted by molar-refractivity contribution is -0.122. The first-order valence-electron chi connectivity index (χ1n) is 7.75. The van der Waals surface area contributed by atoms with E-state index >= 15 is 0 Å². The summed E-state index contributed by atoms with van der Waals surface area (Å²) in [6, 6.07) is 14.1. The summed E-state index contributed by atoms with van der Waals surface area (Å²) in [5, 5.41) is 2.74. The minimum absolute atomic E-state index is 0.319. The molecule has 6 nitrogen and oxygen atoms in total. The summed E-state index contributed by atoms with van der Waals surface area (Å²) in [4.78, 5) is 12.3. The summed E-state index contributed by atoms with van der Waals surface area (Å²) < 4.78 is 30.0. The minimum Gasteiger partial charge on any atom is -0.481 e. The molecule has 7 heteroatoms. The molecule has 0 radical (unpaired) electrons. The topological polar surface area (TPSA) is 75.7 Å². The molecule has 1 N–H and O–H groups in total. The molecule has 0 fully saturated rings. The summed E-state index contributed by atoms with van der Waals surface area (Å²) in [6.45, 7) is 3.60. The number of rotatable bonds is 6. The van der Waals surface area contributed by atoms with E-state index in [1.54, 1.807) is 37.3 Å². The second kappa shape index (κ2) is 7.57. The standard InChI is InChI=1S/C18H22N2O4S/c1-13-7-5-10-17(11-13)24-14(2)18(21)19-15-8-6-9-16(12-15)20(3)25(4,22)23/h5-12,14H,1-4H3,(H,19,21)/t14-/m1/s1. The normalized spacial score (nSPS) is 12.3. The molecular formula is C18H22N2O4S. The van der Waals surface area contributed by atoms with Crippen molar-refractivity contribution < 1.29 is 17.9 Å². The molecule has 0 saturated heterocycles. The van der Waals surface area contributed by atoms with Gasteiger partial charge in [0.2, 0.25) is 10.0 Å². The third-order valence-corrected chi connectivity index (χ3v) is 4.85. The van der Waals surface area contributed by atoms with Crippen molar-refractivity contribution >= 4 is 27.3 Å².